The van der Waals surface area contributed by atoms with Crippen LogP contribution in [0.2, 0.25) is 5.15 Å². The van der Waals surface area contributed by atoms with Crippen LogP contribution in [0.25, 0.3) is 16.9 Å². The Bertz CT molecular complexity index is 4190. The Kier molecular flexibility index (Phi) is 20.7. The molecule has 0 bridgehead atoms. The van der Waals surface area contributed by atoms with Crippen LogP contribution in [0.1, 0.15) is 124 Å². The second kappa shape index (κ2) is 28.8. The van der Waals surface area contributed by atoms with Gasteiger partial charge in [0.15, 0.2) is 28.5 Å². The van der Waals surface area contributed by atoms with E-state index in [4.69, 9.17) is 41.0 Å². The van der Waals surface area contributed by atoms with Gasteiger partial charge in [-0.25, -0.2) is 39.5 Å². The molecule has 0 unspecified atom stereocenters. The van der Waals surface area contributed by atoms with Gasteiger partial charge in [-0.2, -0.15) is 28.8 Å². The van der Waals surface area contributed by atoms with E-state index < -0.39 is 23.4 Å². The van der Waals surface area contributed by atoms with Crippen molar-refractivity contribution in [3.05, 3.63) is 114 Å². The third-order valence-electron chi connectivity index (χ3n) is 14.2. The summed E-state index contributed by atoms with van der Waals surface area (Å²) in [5, 5.41) is 25.4. The predicted octanol–water partition coefficient (Wildman–Crippen LogP) is 10.5. The minimum absolute atomic E-state index is 0.0121. The number of nitrogens with two attached hydrogens (primary N) is 1. The first kappa shape index (κ1) is 67.0. The Labute approximate surface area is 541 Å². The second-order valence-corrected chi connectivity index (χ2v) is 24.4. The Morgan fingerprint density at radius 3 is 1.46 bits per heavy atom. The fourth-order valence-corrected chi connectivity index (χ4v) is 9.22. The molecule has 0 aliphatic heterocycles. The maximum atomic E-state index is 12.9. The van der Waals surface area contributed by atoms with Crippen molar-refractivity contribution in [3.63, 3.8) is 0 Å². The molecule has 3 fully saturated rings. The number of nitrogens with one attached hydrogen (secondary N) is 4. The first-order valence-corrected chi connectivity index (χ1v) is 30.3. The number of fused-ring (bicyclic) bond motifs is 3. The van der Waals surface area contributed by atoms with Crippen LogP contribution >= 0.6 is 11.6 Å². The molecule has 3 saturated carbocycles. The number of ether oxygens (including phenoxy) is 5. The van der Waals surface area contributed by atoms with Gasteiger partial charge in [0, 0.05) is 76.8 Å². The van der Waals surface area contributed by atoms with Gasteiger partial charge >= 0.3 is 12.2 Å². The summed E-state index contributed by atoms with van der Waals surface area (Å²) < 4.78 is 30.8. The molecule has 0 aromatic carbocycles. The summed E-state index contributed by atoms with van der Waals surface area (Å²) in [4.78, 5) is 91.2. The zero-order valence-electron chi connectivity index (χ0n) is 53.8. The van der Waals surface area contributed by atoms with Crippen LogP contribution in [-0.4, -0.2) is 148 Å². The molecule has 0 saturated heterocycles. The third-order valence-corrected chi connectivity index (χ3v) is 14.4. The minimum atomic E-state index is -0.669. The summed E-state index contributed by atoms with van der Waals surface area (Å²) in [6.07, 6.45) is 15.7. The standard InChI is InChI=1S/C23H28N6O4.C18H20N6O2.C16H20ClN5O3.C6H8N2O/c1-23(2,3)33-22(31)28(4)19-12-18(26-16-7-6-10-24-21(16)32-5)27-20-15(13-25-29(19)20)17(30)11-14-8-9-14;1-19-16-9-15(22-13-4-3-7-20-18(13)26-2)23-17-12(10-21-24(16)17)14(25)8-11-5-6-11;1-16(2,3)25-15(24)21(4)12-7-11(17)20-13-10(8-18-22(12)13)14(23)19-9-5-6-9;1-9-6-5(7)3-2-4-8-6/h6-7,10,12-14H,8-9,11H2,1-5H3,(H,26,27);3-4,7,9-11,19H,5-6,8H2,1-2H3,(H,22,23);7-9H,5-6H2,1-4H3,(H,19,23);2-4H,7H2,1H3. The highest BCUT2D eigenvalue weighted by atomic mass is 35.5. The van der Waals surface area contributed by atoms with E-state index in [0.717, 1.165) is 44.3 Å². The van der Waals surface area contributed by atoms with Gasteiger partial charge in [0.25, 0.3) is 5.91 Å². The number of ketones is 2. The molecule has 3 aliphatic carbocycles. The topological polar surface area (TPSA) is 341 Å². The molecular weight excluding hydrogens is 1220 g/mol. The highest BCUT2D eigenvalue weighted by Gasteiger charge is 2.32. The van der Waals surface area contributed by atoms with E-state index in [-0.39, 0.29) is 34.3 Å². The Hall–Kier alpha value is -10.5. The number of anilines is 8. The van der Waals surface area contributed by atoms with Gasteiger partial charge in [-0.15, -0.1) is 0 Å². The van der Waals surface area contributed by atoms with E-state index in [1.165, 1.54) is 44.4 Å². The summed E-state index contributed by atoms with van der Waals surface area (Å²) in [5.74, 6) is 4.57. The predicted molar refractivity (Wildman–Crippen MR) is 350 cm³/mol. The average Bonchev–Trinajstić information content (AvgIpc) is 1.66. The van der Waals surface area contributed by atoms with Crippen molar-refractivity contribution in [3.8, 4) is 17.6 Å². The van der Waals surface area contributed by atoms with Crippen molar-refractivity contribution >= 4 is 104 Å². The first-order valence-electron chi connectivity index (χ1n) is 29.9. The second-order valence-electron chi connectivity index (χ2n) is 24.0. The van der Waals surface area contributed by atoms with Gasteiger partial charge in [0.05, 0.1) is 56.7 Å². The fourth-order valence-electron chi connectivity index (χ4n) is 9.04. The lowest BCUT2D eigenvalue weighted by molar-refractivity contribution is 0.0577. The van der Waals surface area contributed by atoms with Gasteiger partial charge in [0.1, 0.15) is 62.4 Å². The number of pyridine rings is 3. The SMILES string of the molecule is CN(C(=O)OC(C)(C)C)c1cc(Cl)nc2c(C(=O)NC3CC3)cnn12.CNc1cc(Nc2cccnc2OC)nc2c(C(=O)CC3CC3)cnn12.COc1ncccc1N.COc1ncccc1Nc1cc(N(C)C(=O)OC(C)(C)C)n2ncc(C(=O)CC3CC3)c2n1. The van der Waals surface area contributed by atoms with E-state index >= 15 is 0 Å². The number of aromatic nitrogens is 12. The summed E-state index contributed by atoms with van der Waals surface area (Å²) in [7, 11) is 9.57. The number of methoxy groups -OCH3 is 3. The van der Waals surface area contributed by atoms with Crippen LogP contribution in [0.15, 0.2) is 91.8 Å². The van der Waals surface area contributed by atoms with Gasteiger partial charge in [-0.05, 0) is 128 Å². The van der Waals surface area contributed by atoms with Crippen molar-refractivity contribution in [2.24, 2.45) is 11.8 Å². The summed E-state index contributed by atoms with van der Waals surface area (Å²) >= 11 is 6.09. The molecule has 12 rings (SSSR count). The highest BCUT2D eigenvalue weighted by Crippen LogP contribution is 2.37. The Balaban J connectivity index is 0.000000155. The van der Waals surface area contributed by atoms with Gasteiger partial charge in [-0.1, -0.05) is 11.6 Å². The Morgan fingerprint density at radius 2 is 1.02 bits per heavy atom. The zero-order valence-corrected chi connectivity index (χ0v) is 54.6. The molecule has 3 aliphatic rings. The number of nitrogen functional groups attached to an aromatic ring is 1. The van der Waals surface area contributed by atoms with Gasteiger partial charge in [0.2, 0.25) is 17.6 Å². The van der Waals surface area contributed by atoms with Crippen LogP contribution in [0.3, 0.4) is 0 Å². The van der Waals surface area contributed by atoms with E-state index in [1.54, 1.807) is 137 Å². The van der Waals surface area contributed by atoms with Crippen LogP contribution in [0.5, 0.6) is 17.6 Å². The molecule has 9 aromatic heterocycles. The summed E-state index contributed by atoms with van der Waals surface area (Å²) in [6.45, 7) is 10.7. The number of hydrogen-bond donors (Lipinski definition) is 5. The summed E-state index contributed by atoms with van der Waals surface area (Å²) in [6, 6.07) is 15.9. The number of rotatable bonds is 18. The van der Waals surface area contributed by atoms with Crippen LogP contribution in [-0.2, 0) is 9.47 Å². The molecule has 30 heteroatoms. The molecule has 490 valence electrons. The monoisotopic (exact) mass is 1290 g/mol. The molecular formula is C63H76ClN19O10. The number of Topliss-reactive ketones (excluding diaryl/α,β-unsaturated/α-hetero) is 2. The molecule has 0 spiro atoms. The molecule has 9 aromatic rings. The Morgan fingerprint density at radius 1 is 0.591 bits per heavy atom. The molecule has 9 heterocycles. The van der Waals surface area contributed by atoms with Crippen molar-refractivity contribution in [2.45, 2.75) is 110 Å². The van der Waals surface area contributed by atoms with Crippen LogP contribution in [0, 0.1) is 11.8 Å². The smallest absolute Gasteiger partial charge is 0.415 e. The maximum Gasteiger partial charge on any atom is 0.415 e. The largest absolute Gasteiger partial charge is 0.480 e. The number of hydrogen-bond acceptors (Lipinski definition) is 23. The molecule has 0 radical (unpaired) electrons. The number of carbonyl (C=O) groups is 5. The number of halogens is 1. The molecule has 0 atom stereocenters. The third kappa shape index (κ3) is 17.3. The molecule has 93 heavy (non-hydrogen) atoms. The lowest BCUT2D eigenvalue weighted by Crippen LogP contribution is -2.35. The molecule has 3 amide bonds. The fraction of sp³-hybridized carbons (Fsp3) is 0.397. The molecule has 29 nitrogen and oxygen atoms in total. The van der Waals surface area contributed by atoms with Crippen molar-refractivity contribution in [1.29, 1.82) is 0 Å². The van der Waals surface area contributed by atoms with E-state index in [9.17, 15) is 24.0 Å². The lowest BCUT2D eigenvalue weighted by atomic mass is 10.1. The van der Waals surface area contributed by atoms with Crippen molar-refractivity contribution in [1.82, 2.24) is 64.1 Å². The van der Waals surface area contributed by atoms with E-state index in [0.29, 0.717) is 111 Å². The van der Waals surface area contributed by atoms with Crippen LogP contribution in [0.4, 0.5) is 55.7 Å². The van der Waals surface area contributed by atoms with Gasteiger partial charge < -0.3 is 50.7 Å². The lowest BCUT2D eigenvalue weighted by Gasteiger charge is -2.25. The maximum absolute atomic E-state index is 12.9. The average molecular weight is 1290 g/mol. The number of nitrogens with zero attached hydrogens (tertiary/aromatic N) is 14. The molecule has 6 N–H and O–H groups in total. The van der Waals surface area contributed by atoms with E-state index in [2.05, 4.69) is 66.5 Å². The quantitative estimate of drug-likeness (QED) is 0.0394. The van der Waals surface area contributed by atoms with Crippen molar-refractivity contribution < 1.29 is 47.7 Å². The number of amides is 3. The van der Waals surface area contributed by atoms with Crippen molar-refractivity contribution in [2.75, 3.05) is 74.0 Å². The number of carbonyl (C=O) groups excluding carboxylic acids is 5. The highest BCUT2D eigenvalue weighted by molar-refractivity contribution is 6.30. The van der Waals surface area contributed by atoms with Crippen LogP contribution < -0.4 is 51.0 Å². The minimum Gasteiger partial charge on any atom is -0.480 e. The zero-order chi connectivity index (χ0) is 66.9. The van der Waals surface area contributed by atoms with E-state index in [1.807, 2.05) is 18.2 Å². The first-order chi connectivity index (χ1) is 44.3. The summed E-state index contributed by atoms with van der Waals surface area (Å²) in [5.41, 5.74) is 8.46. The van der Waals surface area contributed by atoms with Gasteiger partial charge in [-0.3, -0.25) is 24.2 Å². The normalized spacial score (nSPS) is 13.4.